The number of nitrogens with zero attached hydrogens (tertiary/aromatic N) is 2. The summed E-state index contributed by atoms with van der Waals surface area (Å²) in [6.07, 6.45) is 3.03. The van der Waals surface area contributed by atoms with Crippen LogP contribution in [0.2, 0.25) is 0 Å². The molecule has 1 saturated heterocycles. The Labute approximate surface area is 120 Å². The van der Waals surface area contributed by atoms with Gasteiger partial charge in [0.2, 0.25) is 5.89 Å². The minimum Gasteiger partial charge on any atom is -0.382 e. The number of nitrogens with one attached hydrogen (secondary N) is 1. The van der Waals surface area contributed by atoms with Crippen LogP contribution in [0.1, 0.15) is 44.4 Å². The lowest BCUT2D eigenvalue weighted by Gasteiger charge is -2.36. The maximum Gasteiger partial charge on any atom is 0.244 e. The fourth-order valence-electron chi connectivity index (χ4n) is 2.53. The summed E-state index contributed by atoms with van der Waals surface area (Å²) < 4.78 is 15.7. The molecule has 1 aliphatic heterocycles. The van der Waals surface area contributed by atoms with Crippen molar-refractivity contribution in [2.45, 2.75) is 39.2 Å². The molecule has 0 bridgehead atoms. The standard InChI is InChI=1S/C14H25N3O3/c1-14(2)6-4-7-15-12(14)13-16-11(17-20-13)5-8-19-10-9-18-3/h12,15H,4-10H2,1-3H3. The second-order valence-electron chi connectivity index (χ2n) is 5.88. The Balaban J connectivity index is 1.85. The molecule has 0 spiro atoms. The molecule has 1 fully saturated rings. The summed E-state index contributed by atoms with van der Waals surface area (Å²) in [6.45, 7) is 7.27. The first-order valence-corrected chi connectivity index (χ1v) is 7.26. The van der Waals surface area contributed by atoms with Crippen LogP contribution in [-0.4, -0.2) is 43.6 Å². The maximum atomic E-state index is 5.41. The average Bonchev–Trinajstić information content (AvgIpc) is 2.86. The zero-order valence-corrected chi connectivity index (χ0v) is 12.6. The van der Waals surface area contributed by atoms with E-state index in [1.807, 2.05) is 0 Å². The summed E-state index contributed by atoms with van der Waals surface area (Å²) in [6, 6.07) is 0.145. The van der Waals surface area contributed by atoms with Gasteiger partial charge in [-0.1, -0.05) is 19.0 Å². The van der Waals surface area contributed by atoms with Crippen LogP contribution in [0.5, 0.6) is 0 Å². The zero-order valence-electron chi connectivity index (χ0n) is 12.6. The van der Waals surface area contributed by atoms with Crippen molar-refractivity contribution in [2.75, 3.05) is 33.5 Å². The molecule has 6 heteroatoms. The number of hydrogen-bond acceptors (Lipinski definition) is 6. The minimum absolute atomic E-state index is 0.145. The van der Waals surface area contributed by atoms with Crippen molar-refractivity contribution in [3.8, 4) is 0 Å². The Morgan fingerprint density at radius 1 is 1.35 bits per heavy atom. The summed E-state index contributed by atoms with van der Waals surface area (Å²) in [4.78, 5) is 4.50. The van der Waals surface area contributed by atoms with Crippen molar-refractivity contribution in [1.82, 2.24) is 15.5 Å². The summed E-state index contributed by atoms with van der Waals surface area (Å²) in [7, 11) is 1.66. The maximum absolute atomic E-state index is 5.41. The van der Waals surface area contributed by atoms with Crippen molar-refractivity contribution in [3.05, 3.63) is 11.7 Å². The van der Waals surface area contributed by atoms with Crippen molar-refractivity contribution in [1.29, 1.82) is 0 Å². The van der Waals surface area contributed by atoms with E-state index < -0.39 is 0 Å². The molecule has 2 heterocycles. The monoisotopic (exact) mass is 283 g/mol. The molecule has 1 atom stereocenters. The summed E-state index contributed by atoms with van der Waals surface area (Å²) in [5.41, 5.74) is 0.150. The summed E-state index contributed by atoms with van der Waals surface area (Å²) >= 11 is 0. The first-order chi connectivity index (χ1) is 9.63. The summed E-state index contributed by atoms with van der Waals surface area (Å²) in [5.74, 6) is 1.40. The Morgan fingerprint density at radius 3 is 2.95 bits per heavy atom. The van der Waals surface area contributed by atoms with Crippen LogP contribution >= 0.6 is 0 Å². The number of methoxy groups -OCH3 is 1. The molecule has 0 aromatic carbocycles. The lowest BCUT2D eigenvalue weighted by atomic mass is 9.77. The minimum atomic E-state index is 0.145. The smallest absolute Gasteiger partial charge is 0.244 e. The van der Waals surface area contributed by atoms with Crippen LogP contribution in [0.15, 0.2) is 4.52 Å². The topological polar surface area (TPSA) is 69.4 Å². The fourth-order valence-corrected chi connectivity index (χ4v) is 2.53. The average molecular weight is 283 g/mol. The molecule has 1 aromatic heterocycles. The van der Waals surface area contributed by atoms with Gasteiger partial charge in [0.15, 0.2) is 5.82 Å². The van der Waals surface area contributed by atoms with E-state index in [1.165, 1.54) is 12.8 Å². The molecule has 0 radical (unpaired) electrons. The Kier molecular flexibility index (Phi) is 5.51. The third-order valence-electron chi connectivity index (χ3n) is 3.76. The predicted molar refractivity (Wildman–Crippen MR) is 74.5 cm³/mol. The number of hydrogen-bond donors (Lipinski definition) is 1. The van der Waals surface area contributed by atoms with E-state index in [4.69, 9.17) is 14.0 Å². The highest BCUT2D eigenvalue weighted by Crippen LogP contribution is 2.39. The summed E-state index contributed by atoms with van der Waals surface area (Å²) in [5, 5.41) is 7.52. The van der Waals surface area contributed by atoms with Crippen molar-refractivity contribution >= 4 is 0 Å². The Morgan fingerprint density at radius 2 is 2.20 bits per heavy atom. The van der Waals surface area contributed by atoms with E-state index in [0.29, 0.717) is 38.0 Å². The van der Waals surface area contributed by atoms with Gasteiger partial charge in [0.05, 0.1) is 25.9 Å². The lowest BCUT2D eigenvalue weighted by molar-refractivity contribution is 0.0714. The van der Waals surface area contributed by atoms with E-state index in [2.05, 4.69) is 29.3 Å². The quantitative estimate of drug-likeness (QED) is 0.769. The molecular formula is C14H25N3O3. The van der Waals surface area contributed by atoms with Gasteiger partial charge in [0, 0.05) is 13.5 Å². The largest absolute Gasteiger partial charge is 0.382 e. The van der Waals surface area contributed by atoms with Gasteiger partial charge in [0.25, 0.3) is 0 Å². The van der Waals surface area contributed by atoms with Crippen molar-refractivity contribution in [2.24, 2.45) is 5.41 Å². The van der Waals surface area contributed by atoms with Crippen LogP contribution < -0.4 is 5.32 Å². The Hall–Kier alpha value is -0.980. The Bertz CT molecular complexity index is 406. The molecule has 20 heavy (non-hydrogen) atoms. The first kappa shape index (κ1) is 15.4. The lowest BCUT2D eigenvalue weighted by Crippen LogP contribution is -2.39. The molecule has 6 nitrogen and oxygen atoms in total. The molecule has 0 aliphatic carbocycles. The predicted octanol–water partition coefficient (Wildman–Crippen LogP) is 1.73. The normalized spacial score (nSPS) is 22.1. The van der Waals surface area contributed by atoms with E-state index >= 15 is 0 Å². The van der Waals surface area contributed by atoms with Gasteiger partial charge in [-0.25, -0.2) is 0 Å². The van der Waals surface area contributed by atoms with Gasteiger partial charge >= 0.3 is 0 Å². The van der Waals surface area contributed by atoms with Gasteiger partial charge < -0.3 is 19.3 Å². The van der Waals surface area contributed by atoms with Gasteiger partial charge in [-0.05, 0) is 24.8 Å². The second kappa shape index (κ2) is 7.15. The number of ether oxygens (including phenoxy) is 2. The third-order valence-corrected chi connectivity index (χ3v) is 3.76. The van der Waals surface area contributed by atoms with Crippen LogP contribution in [-0.2, 0) is 15.9 Å². The van der Waals surface area contributed by atoms with E-state index in [9.17, 15) is 0 Å². The highest BCUT2D eigenvalue weighted by Gasteiger charge is 2.36. The van der Waals surface area contributed by atoms with E-state index in [1.54, 1.807) is 7.11 Å². The highest BCUT2D eigenvalue weighted by molar-refractivity contribution is 5.01. The zero-order chi connectivity index (χ0) is 14.4. The first-order valence-electron chi connectivity index (χ1n) is 7.26. The van der Waals surface area contributed by atoms with Gasteiger partial charge in [-0.2, -0.15) is 4.98 Å². The SMILES string of the molecule is COCCOCCc1noc(C2NCCCC2(C)C)n1. The van der Waals surface area contributed by atoms with Crippen LogP contribution in [0.25, 0.3) is 0 Å². The molecule has 2 rings (SSSR count). The van der Waals surface area contributed by atoms with Crippen molar-refractivity contribution in [3.63, 3.8) is 0 Å². The van der Waals surface area contributed by atoms with E-state index in [0.717, 1.165) is 6.54 Å². The molecule has 1 aliphatic rings. The molecule has 0 amide bonds. The van der Waals surface area contributed by atoms with Crippen LogP contribution in [0.4, 0.5) is 0 Å². The van der Waals surface area contributed by atoms with Crippen molar-refractivity contribution < 1.29 is 14.0 Å². The molecule has 0 saturated carbocycles. The van der Waals surface area contributed by atoms with E-state index in [-0.39, 0.29) is 11.5 Å². The molecule has 1 aromatic rings. The molecule has 114 valence electrons. The molecule has 1 N–H and O–H groups in total. The van der Waals surface area contributed by atoms with Gasteiger partial charge in [-0.3, -0.25) is 0 Å². The molecular weight excluding hydrogens is 258 g/mol. The van der Waals surface area contributed by atoms with Gasteiger partial charge in [-0.15, -0.1) is 0 Å². The van der Waals surface area contributed by atoms with Gasteiger partial charge in [0.1, 0.15) is 0 Å². The number of aromatic nitrogens is 2. The molecule has 1 unspecified atom stereocenters. The number of piperidine rings is 1. The highest BCUT2D eigenvalue weighted by atomic mass is 16.5. The third kappa shape index (κ3) is 4.01. The fraction of sp³-hybridized carbons (Fsp3) is 0.857. The number of rotatable bonds is 7. The second-order valence-corrected chi connectivity index (χ2v) is 5.88. The van der Waals surface area contributed by atoms with Crippen LogP contribution in [0, 0.1) is 5.41 Å². The van der Waals surface area contributed by atoms with Crippen LogP contribution in [0.3, 0.4) is 0 Å².